The van der Waals surface area contributed by atoms with Gasteiger partial charge in [-0.1, -0.05) is 6.07 Å². The standard InChI is InChI=1S/C15H21N3O2/c1-17(2)15(19)13-6-12-9-18(10-14(13)20-12)8-11-4-3-5-16-7-11/h3-5,7,12-14H,6,8-10H2,1-2H3. The van der Waals surface area contributed by atoms with E-state index in [-0.39, 0.29) is 24.0 Å². The fraction of sp³-hybridized carbons (Fsp3) is 0.600. The van der Waals surface area contributed by atoms with E-state index in [0.717, 1.165) is 26.1 Å². The highest BCUT2D eigenvalue weighted by Gasteiger charge is 2.44. The van der Waals surface area contributed by atoms with Crippen molar-refractivity contribution >= 4 is 5.91 Å². The summed E-state index contributed by atoms with van der Waals surface area (Å²) in [6, 6.07) is 4.05. The monoisotopic (exact) mass is 275 g/mol. The number of hydrogen-bond acceptors (Lipinski definition) is 4. The molecule has 3 heterocycles. The molecule has 2 bridgehead atoms. The lowest BCUT2D eigenvalue weighted by molar-refractivity contribution is -0.136. The normalized spacial score (nSPS) is 29.4. The molecule has 3 unspecified atom stereocenters. The highest BCUT2D eigenvalue weighted by atomic mass is 16.5. The van der Waals surface area contributed by atoms with Gasteiger partial charge in [0.15, 0.2) is 0 Å². The van der Waals surface area contributed by atoms with Gasteiger partial charge in [-0.2, -0.15) is 0 Å². The van der Waals surface area contributed by atoms with E-state index in [9.17, 15) is 4.79 Å². The van der Waals surface area contributed by atoms with E-state index in [1.54, 1.807) is 11.1 Å². The van der Waals surface area contributed by atoms with Gasteiger partial charge in [0, 0.05) is 46.1 Å². The average molecular weight is 275 g/mol. The molecule has 0 N–H and O–H groups in total. The Kier molecular flexibility index (Phi) is 3.72. The minimum atomic E-state index is 0.0221. The zero-order chi connectivity index (χ0) is 14.1. The van der Waals surface area contributed by atoms with Crippen molar-refractivity contribution in [2.24, 2.45) is 5.92 Å². The van der Waals surface area contributed by atoms with E-state index in [1.807, 2.05) is 26.4 Å². The zero-order valence-corrected chi connectivity index (χ0v) is 12.0. The third-order valence-corrected chi connectivity index (χ3v) is 4.12. The highest BCUT2D eigenvalue weighted by Crippen LogP contribution is 2.33. The van der Waals surface area contributed by atoms with Crippen LogP contribution in [0, 0.1) is 5.92 Å². The molecule has 3 atom stereocenters. The number of ether oxygens (including phenoxy) is 1. The van der Waals surface area contributed by atoms with E-state index in [4.69, 9.17) is 4.74 Å². The van der Waals surface area contributed by atoms with Crippen molar-refractivity contribution in [3.05, 3.63) is 30.1 Å². The number of fused-ring (bicyclic) bond motifs is 2. The van der Waals surface area contributed by atoms with Gasteiger partial charge in [-0.25, -0.2) is 0 Å². The van der Waals surface area contributed by atoms with Gasteiger partial charge in [-0.15, -0.1) is 0 Å². The molecular formula is C15H21N3O2. The molecule has 2 aliphatic heterocycles. The number of morpholine rings is 1. The van der Waals surface area contributed by atoms with Gasteiger partial charge < -0.3 is 9.64 Å². The summed E-state index contributed by atoms with van der Waals surface area (Å²) in [7, 11) is 3.63. The van der Waals surface area contributed by atoms with Crippen molar-refractivity contribution in [2.75, 3.05) is 27.2 Å². The summed E-state index contributed by atoms with van der Waals surface area (Å²) in [5, 5.41) is 0. The third kappa shape index (κ3) is 2.69. The fourth-order valence-electron chi connectivity index (χ4n) is 3.21. The molecule has 0 saturated carbocycles. The fourth-order valence-corrected chi connectivity index (χ4v) is 3.21. The first kappa shape index (κ1) is 13.5. The zero-order valence-electron chi connectivity index (χ0n) is 12.0. The van der Waals surface area contributed by atoms with Crippen LogP contribution in [-0.4, -0.2) is 60.1 Å². The lowest BCUT2D eigenvalue weighted by atomic mass is 9.99. The molecule has 1 aromatic rings. The van der Waals surface area contributed by atoms with Gasteiger partial charge in [0.05, 0.1) is 18.1 Å². The maximum absolute atomic E-state index is 12.2. The topological polar surface area (TPSA) is 45.7 Å². The van der Waals surface area contributed by atoms with Gasteiger partial charge in [0.2, 0.25) is 5.91 Å². The minimum Gasteiger partial charge on any atom is -0.371 e. The predicted molar refractivity (Wildman–Crippen MR) is 75.0 cm³/mol. The summed E-state index contributed by atoms with van der Waals surface area (Å²) in [6.45, 7) is 2.62. The second-order valence-electron chi connectivity index (χ2n) is 5.93. The molecule has 20 heavy (non-hydrogen) atoms. The SMILES string of the molecule is CN(C)C(=O)C1CC2CN(Cc3cccnc3)CC1O2. The largest absolute Gasteiger partial charge is 0.371 e. The van der Waals surface area contributed by atoms with E-state index in [2.05, 4.69) is 16.0 Å². The maximum Gasteiger partial charge on any atom is 0.227 e. The molecule has 0 spiro atoms. The van der Waals surface area contributed by atoms with Crippen LogP contribution in [0.15, 0.2) is 24.5 Å². The van der Waals surface area contributed by atoms with Crippen LogP contribution in [0.3, 0.4) is 0 Å². The molecule has 2 fully saturated rings. The van der Waals surface area contributed by atoms with Crippen LogP contribution in [-0.2, 0) is 16.1 Å². The van der Waals surface area contributed by atoms with Gasteiger partial charge in [-0.3, -0.25) is 14.7 Å². The molecule has 1 amide bonds. The Morgan fingerprint density at radius 3 is 3.05 bits per heavy atom. The van der Waals surface area contributed by atoms with Crippen LogP contribution in [0.2, 0.25) is 0 Å². The molecule has 5 nitrogen and oxygen atoms in total. The van der Waals surface area contributed by atoms with Gasteiger partial charge in [0.25, 0.3) is 0 Å². The molecule has 0 aliphatic carbocycles. The number of rotatable bonds is 3. The van der Waals surface area contributed by atoms with Gasteiger partial charge >= 0.3 is 0 Å². The van der Waals surface area contributed by atoms with Crippen molar-refractivity contribution in [3.63, 3.8) is 0 Å². The Morgan fingerprint density at radius 2 is 2.35 bits per heavy atom. The number of aromatic nitrogens is 1. The third-order valence-electron chi connectivity index (χ3n) is 4.12. The van der Waals surface area contributed by atoms with Crippen molar-refractivity contribution in [2.45, 2.75) is 25.2 Å². The summed E-state index contributed by atoms with van der Waals surface area (Å²) in [5.74, 6) is 0.217. The average Bonchev–Trinajstić information content (AvgIpc) is 2.74. The van der Waals surface area contributed by atoms with E-state index in [1.165, 1.54) is 5.56 Å². The molecular weight excluding hydrogens is 254 g/mol. The predicted octanol–water partition coefficient (Wildman–Crippen LogP) is 0.759. The Morgan fingerprint density at radius 1 is 1.50 bits per heavy atom. The molecule has 3 rings (SSSR count). The highest BCUT2D eigenvalue weighted by molar-refractivity contribution is 5.79. The van der Waals surface area contributed by atoms with Crippen LogP contribution in [0.4, 0.5) is 0 Å². The lowest BCUT2D eigenvalue weighted by Crippen LogP contribution is -2.44. The Labute approximate surface area is 119 Å². The van der Waals surface area contributed by atoms with Crippen LogP contribution in [0.1, 0.15) is 12.0 Å². The Bertz CT molecular complexity index is 477. The van der Waals surface area contributed by atoms with Crippen LogP contribution >= 0.6 is 0 Å². The molecule has 0 aromatic carbocycles. The molecule has 2 saturated heterocycles. The van der Waals surface area contributed by atoms with Crippen LogP contribution in [0.5, 0.6) is 0 Å². The van der Waals surface area contributed by atoms with Gasteiger partial charge in [0.1, 0.15) is 0 Å². The number of pyridine rings is 1. The molecule has 108 valence electrons. The van der Waals surface area contributed by atoms with E-state index >= 15 is 0 Å². The van der Waals surface area contributed by atoms with Crippen molar-refractivity contribution in [3.8, 4) is 0 Å². The smallest absolute Gasteiger partial charge is 0.227 e. The Balaban J connectivity index is 1.65. The number of amides is 1. The van der Waals surface area contributed by atoms with Gasteiger partial charge in [-0.05, 0) is 18.1 Å². The molecule has 5 heteroatoms. The molecule has 0 radical (unpaired) electrons. The minimum absolute atomic E-state index is 0.0221. The summed E-state index contributed by atoms with van der Waals surface area (Å²) in [6.07, 6.45) is 4.78. The number of carbonyl (C=O) groups excluding carboxylic acids is 1. The number of likely N-dealkylation sites (tertiary alicyclic amines) is 1. The van der Waals surface area contributed by atoms with Crippen molar-refractivity contribution in [1.82, 2.24) is 14.8 Å². The number of nitrogens with zero attached hydrogens (tertiary/aromatic N) is 3. The van der Waals surface area contributed by atoms with Crippen LogP contribution in [0.25, 0.3) is 0 Å². The lowest BCUT2D eigenvalue weighted by Gasteiger charge is -2.32. The second kappa shape index (κ2) is 5.50. The quantitative estimate of drug-likeness (QED) is 0.817. The summed E-state index contributed by atoms with van der Waals surface area (Å²) in [4.78, 5) is 20.4. The molecule has 2 aliphatic rings. The maximum atomic E-state index is 12.2. The first-order chi connectivity index (χ1) is 9.63. The Hall–Kier alpha value is -1.46. The first-order valence-corrected chi connectivity index (χ1v) is 7.11. The van der Waals surface area contributed by atoms with E-state index in [0.29, 0.717) is 0 Å². The number of hydrogen-bond donors (Lipinski definition) is 0. The number of carbonyl (C=O) groups is 1. The van der Waals surface area contributed by atoms with Crippen molar-refractivity contribution in [1.29, 1.82) is 0 Å². The molecule has 1 aromatic heterocycles. The first-order valence-electron chi connectivity index (χ1n) is 7.11. The van der Waals surface area contributed by atoms with E-state index < -0.39 is 0 Å². The summed E-state index contributed by atoms with van der Waals surface area (Å²) < 4.78 is 5.94. The summed E-state index contributed by atoms with van der Waals surface area (Å²) >= 11 is 0. The second-order valence-corrected chi connectivity index (χ2v) is 5.93. The van der Waals surface area contributed by atoms with Crippen LogP contribution < -0.4 is 0 Å². The summed E-state index contributed by atoms with van der Waals surface area (Å²) in [5.41, 5.74) is 1.21. The van der Waals surface area contributed by atoms with Crippen molar-refractivity contribution < 1.29 is 9.53 Å².